The van der Waals surface area contributed by atoms with Gasteiger partial charge in [-0.25, -0.2) is 0 Å². The van der Waals surface area contributed by atoms with Gasteiger partial charge in [0.15, 0.2) is 0 Å². The molecule has 0 rings (SSSR count). The second kappa shape index (κ2) is 4.35. The van der Waals surface area contributed by atoms with Crippen LogP contribution in [0.25, 0.3) is 0 Å². The van der Waals surface area contributed by atoms with E-state index in [9.17, 15) is 0 Å². The Kier molecular flexibility index (Phi) is 4.12. The maximum Gasteiger partial charge on any atom is 0.137 e. The van der Waals surface area contributed by atoms with Crippen LogP contribution in [-0.2, 0) is 4.74 Å². The summed E-state index contributed by atoms with van der Waals surface area (Å²) in [5.74, 6) is 5.13. The topological polar surface area (TPSA) is 49.7 Å². The smallest absolute Gasteiger partial charge is 0.137 e. The molecule has 0 amide bonds. The SMILES string of the molecule is COC(C)(C)C#CC(O)CO. The van der Waals surface area contributed by atoms with Crippen LogP contribution in [-0.4, -0.2) is 35.6 Å². The first-order valence-corrected chi connectivity index (χ1v) is 3.38. The fourth-order valence-corrected chi connectivity index (χ4v) is 0.354. The average molecular weight is 158 g/mol. The van der Waals surface area contributed by atoms with Crippen LogP contribution in [0.4, 0.5) is 0 Å². The van der Waals surface area contributed by atoms with Gasteiger partial charge in [-0.15, -0.1) is 0 Å². The van der Waals surface area contributed by atoms with Crippen molar-refractivity contribution < 1.29 is 14.9 Å². The third-order valence-electron chi connectivity index (χ3n) is 1.22. The summed E-state index contributed by atoms with van der Waals surface area (Å²) in [7, 11) is 1.54. The van der Waals surface area contributed by atoms with Gasteiger partial charge in [0.05, 0.1) is 6.61 Å². The van der Waals surface area contributed by atoms with Crippen molar-refractivity contribution in [2.45, 2.75) is 25.6 Å². The van der Waals surface area contributed by atoms with Crippen molar-refractivity contribution in [2.24, 2.45) is 0 Å². The summed E-state index contributed by atoms with van der Waals surface area (Å²) < 4.78 is 4.97. The predicted molar refractivity (Wildman–Crippen MR) is 42.0 cm³/mol. The highest BCUT2D eigenvalue weighted by Gasteiger charge is 2.11. The molecular formula is C8H14O3. The fourth-order valence-electron chi connectivity index (χ4n) is 0.354. The van der Waals surface area contributed by atoms with E-state index in [4.69, 9.17) is 14.9 Å². The van der Waals surface area contributed by atoms with Crippen molar-refractivity contribution >= 4 is 0 Å². The van der Waals surface area contributed by atoms with Crippen LogP contribution in [0.1, 0.15) is 13.8 Å². The van der Waals surface area contributed by atoms with Gasteiger partial charge in [-0.3, -0.25) is 0 Å². The quantitative estimate of drug-likeness (QED) is 0.546. The fraction of sp³-hybridized carbons (Fsp3) is 0.750. The Labute approximate surface area is 67.0 Å². The van der Waals surface area contributed by atoms with Crippen LogP contribution < -0.4 is 0 Å². The van der Waals surface area contributed by atoms with E-state index in [0.29, 0.717) is 0 Å². The minimum absolute atomic E-state index is 0.340. The van der Waals surface area contributed by atoms with E-state index in [1.807, 2.05) is 0 Å². The lowest BCUT2D eigenvalue weighted by molar-refractivity contribution is 0.0730. The molecule has 0 fully saturated rings. The van der Waals surface area contributed by atoms with Gasteiger partial charge in [0, 0.05) is 7.11 Å². The van der Waals surface area contributed by atoms with Crippen LogP contribution >= 0.6 is 0 Å². The Hall–Kier alpha value is -0.560. The molecular weight excluding hydrogens is 144 g/mol. The van der Waals surface area contributed by atoms with Crippen molar-refractivity contribution in [3.8, 4) is 11.8 Å². The Morgan fingerprint density at radius 1 is 1.55 bits per heavy atom. The standard InChI is InChI=1S/C8H14O3/c1-8(2,11-3)5-4-7(10)6-9/h7,9-10H,6H2,1-3H3. The highest BCUT2D eigenvalue weighted by Crippen LogP contribution is 2.03. The zero-order valence-electron chi connectivity index (χ0n) is 7.09. The van der Waals surface area contributed by atoms with Gasteiger partial charge in [-0.1, -0.05) is 11.8 Å². The van der Waals surface area contributed by atoms with Gasteiger partial charge in [-0.05, 0) is 13.8 Å². The third-order valence-corrected chi connectivity index (χ3v) is 1.22. The Balaban J connectivity index is 4.05. The van der Waals surface area contributed by atoms with E-state index < -0.39 is 11.7 Å². The first-order chi connectivity index (χ1) is 5.02. The van der Waals surface area contributed by atoms with Crippen molar-refractivity contribution in [2.75, 3.05) is 13.7 Å². The van der Waals surface area contributed by atoms with E-state index >= 15 is 0 Å². The highest BCUT2D eigenvalue weighted by atomic mass is 16.5. The minimum atomic E-state index is -0.968. The molecule has 1 atom stereocenters. The summed E-state index contributed by atoms with van der Waals surface area (Å²) in [4.78, 5) is 0. The zero-order chi connectivity index (χ0) is 8.91. The number of ether oxygens (including phenoxy) is 1. The first-order valence-electron chi connectivity index (χ1n) is 3.38. The van der Waals surface area contributed by atoms with Crippen molar-refractivity contribution in [1.82, 2.24) is 0 Å². The molecule has 0 saturated carbocycles. The normalized spacial score (nSPS) is 13.5. The van der Waals surface area contributed by atoms with Gasteiger partial charge in [0.2, 0.25) is 0 Å². The van der Waals surface area contributed by atoms with Crippen LogP contribution in [0, 0.1) is 11.8 Å². The molecule has 64 valence electrons. The third kappa shape index (κ3) is 4.79. The molecule has 1 unspecified atom stereocenters. The van der Waals surface area contributed by atoms with E-state index in [1.165, 1.54) is 0 Å². The van der Waals surface area contributed by atoms with Crippen LogP contribution in [0.3, 0.4) is 0 Å². The van der Waals surface area contributed by atoms with Gasteiger partial charge in [-0.2, -0.15) is 0 Å². The zero-order valence-corrected chi connectivity index (χ0v) is 7.09. The van der Waals surface area contributed by atoms with E-state index in [0.717, 1.165) is 0 Å². The Morgan fingerprint density at radius 2 is 2.09 bits per heavy atom. The average Bonchev–Trinajstić information content (AvgIpc) is 2.00. The lowest BCUT2D eigenvalue weighted by Crippen LogP contribution is -2.20. The largest absolute Gasteiger partial charge is 0.393 e. The molecule has 0 spiro atoms. The van der Waals surface area contributed by atoms with Crippen LogP contribution in [0.2, 0.25) is 0 Å². The molecule has 0 aromatic rings. The second-order valence-corrected chi connectivity index (χ2v) is 2.68. The van der Waals surface area contributed by atoms with Gasteiger partial charge >= 0.3 is 0 Å². The molecule has 3 heteroatoms. The first kappa shape index (κ1) is 10.4. The molecule has 0 saturated heterocycles. The summed E-state index contributed by atoms with van der Waals surface area (Å²) in [6.45, 7) is 3.22. The monoisotopic (exact) mass is 158 g/mol. The summed E-state index contributed by atoms with van der Waals surface area (Å²) in [6.07, 6.45) is -0.968. The molecule has 0 bridgehead atoms. The number of methoxy groups -OCH3 is 1. The molecule has 0 radical (unpaired) electrons. The number of rotatable bonds is 2. The second-order valence-electron chi connectivity index (χ2n) is 2.68. The molecule has 0 aromatic heterocycles. The number of hydrogen-bond donors (Lipinski definition) is 2. The molecule has 0 aliphatic rings. The van der Waals surface area contributed by atoms with Gasteiger partial charge in [0.25, 0.3) is 0 Å². The van der Waals surface area contributed by atoms with Crippen LogP contribution in [0.15, 0.2) is 0 Å². The summed E-state index contributed by atoms with van der Waals surface area (Å²) in [5, 5.41) is 17.2. The predicted octanol–water partition coefficient (Wildman–Crippen LogP) is -0.232. The molecule has 0 heterocycles. The summed E-state index contributed by atoms with van der Waals surface area (Å²) in [6, 6.07) is 0. The van der Waals surface area contributed by atoms with Gasteiger partial charge in [0.1, 0.15) is 11.7 Å². The lowest BCUT2D eigenvalue weighted by atomic mass is 10.1. The van der Waals surface area contributed by atoms with E-state index in [1.54, 1.807) is 21.0 Å². The Morgan fingerprint density at radius 3 is 2.45 bits per heavy atom. The molecule has 0 aliphatic carbocycles. The maximum absolute atomic E-state index is 8.84. The molecule has 11 heavy (non-hydrogen) atoms. The molecule has 2 N–H and O–H groups in total. The number of aliphatic hydroxyl groups excluding tert-OH is 2. The summed E-state index contributed by atoms with van der Waals surface area (Å²) >= 11 is 0. The molecule has 0 aromatic carbocycles. The molecule has 0 aliphatic heterocycles. The van der Waals surface area contributed by atoms with Gasteiger partial charge < -0.3 is 14.9 Å². The minimum Gasteiger partial charge on any atom is -0.393 e. The lowest BCUT2D eigenvalue weighted by Gasteiger charge is -2.14. The van der Waals surface area contributed by atoms with Crippen LogP contribution in [0.5, 0.6) is 0 Å². The number of hydrogen-bond acceptors (Lipinski definition) is 3. The molecule has 3 nitrogen and oxygen atoms in total. The summed E-state index contributed by atoms with van der Waals surface area (Å²) in [5.41, 5.74) is -0.559. The number of aliphatic hydroxyl groups is 2. The Bertz CT molecular complexity index is 164. The van der Waals surface area contributed by atoms with E-state index in [-0.39, 0.29) is 6.61 Å². The van der Waals surface area contributed by atoms with Crippen molar-refractivity contribution in [1.29, 1.82) is 0 Å². The van der Waals surface area contributed by atoms with Crippen molar-refractivity contribution in [3.05, 3.63) is 0 Å². The maximum atomic E-state index is 8.84. The highest BCUT2D eigenvalue weighted by molar-refractivity contribution is 5.13. The van der Waals surface area contributed by atoms with Crippen molar-refractivity contribution in [3.63, 3.8) is 0 Å². The van der Waals surface area contributed by atoms with E-state index in [2.05, 4.69) is 11.8 Å².